The van der Waals surface area contributed by atoms with Crippen molar-refractivity contribution in [3.05, 3.63) is 62.8 Å². The molecule has 0 spiro atoms. The molecule has 3 N–H and O–H groups in total. The van der Waals surface area contributed by atoms with Gasteiger partial charge in [-0.3, -0.25) is 14.6 Å². The molecule has 2 aromatic rings. The average Bonchev–Trinajstić information content (AvgIpc) is 2.55. The summed E-state index contributed by atoms with van der Waals surface area (Å²) in [6, 6.07) is 11.1. The van der Waals surface area contributed by atoms with E-state index in [1.165, 1.54) is 6.07 Å². The molecule has 24 heavy (non-hydrogen) atoms. The Morgan fingerprint density at radius 1 is 1.25 bits per heavy atom. The fourth-order valence-corrected chi connectivity index (χ4v) is 2.43. The van der Waals surface area contributed by atoms with Gasteiger partial charge in [0.2, 0.25) is 5.91 Å². The molecule has 0 fully saturated rings. The summed E-state index contributed by atoms with van der Waals surface area (Å²) in [5, 5.41) is 4.26. The van der Waals surface area contributed by atoms with E-state index in [4.69, 9.17) is 12.2 Å². The second-order valence-corrected chi connectivity index (χ2v) is 5.76. The first-order valence-electron chi connectivity index (χ1n) is 7.82. The third-order valence-corrected chi connectivity index (χ3v) is 3.56. The molecule has 0 bridgehead atoms. The summed E-state index contributed by atoms with van der Waals surface area (Å²) in [6.45, 7) is 2.11. The van der Waals surface area contributed by atoms with E-state index in [-0.39, 0.29) is 22.7 Å². The summed E-state index contributed by atoms with van der Waals surface area (Å²) >= 11 is 4.89. The highest BCUT2D eigenvalue weighted by molar-refractivity contribution is 7.71. The molecule has 1 amide bonds. The van der Waals surface area contributed by atoms with Crippen molar-refractivity contribution < 1.29 is 4.79 Å². The van der Waals surface area contributed by atoms with Crippen molar-refractivity contribution in [2.24, 2.45) is 5.10 Å². The van der Waals surface area contributed by atoms with Crippen LogP contribution in [0.3, 0.4) is 0 Å². The summed E-state index contributed by atoms with van der Waals surface area (Å²) in [5.74, 6) is -0.309. The van der Waals surface area contributed by atoms with Crippen LogP contribution in [0.2, 0.25) is 0 Å². The normalized spacial score (nSPS) is 11.3. The van der Waals surface area contributed by atoms with E-state index in [2.05, 4.69) is 27.4 Å². The zero-order valence-corrected chi connectivity index (χ0v) is 14.3. The molecule has 0 aliphatic heterocycles. The molecule has 1 aromatic heterocycles. The summed E-state index contributed by atoms with van der Waals surface area (Å²) in [6.07, 6.45) is 2.83. The number of aromatic amines is 2. The fraction of sp³-hybridized carbons (Fsp3) is 0.294. The number of unbranched alkanes of at least 4 members (excludes halogenated alkanes) is 1. The van der Waals surface area contributed by atoms with E-state index in [1.54, 1.807) is 0 Å². The topological polar surface area (TPSA) is 90.1 Å². The Labute approximate surface area is 145 Å². The first-order valence-corrected chi connectivity index (χ1v) is 8.22. The standard InChI is InChI=1S/C17H20N4O2S/c1-2-3-9-14(12-7-5-4-6-8-12)20-21-16(23)11-13-10-15(22)19-17(24)18-13/h4-8,10H,2-3,9,11H2,1H3,(H,21,23)(H2,18,19,22,24)/b20-14-. The van der Waals surface area contributed by atoms with Crippen molar-refractivity contribution in [2.75, 3.05) is 0 Å². The smallest absolute Gasteiger partial charge is 0.251 e. The van der Waals surface area contributed by atoms with E-state index < -0.39 is 0 Å². The molecule has 0 aliphatic rings. The molecule has 126 valence electrons. The highest BCUT2D eigenvalue weighted by Crippen LogP contribution is 2.07. The van der Waals surface area contributed by atoms with Gasteiger partial charge in [0.05, 0.1) is 12.1 Å². The van der Waals surface area contributed by atoms with Crippen molar-refractivity contribution in [3.8, 4) is 0 Å². The summed E-state index contributed by atoms with van der Waals surface area (Å²) in [4.78, 5) is 28.6. The van der Waals surface area contributed by atoms with Crippen LogP contribution < -0.4 is 11.0 Å². The molecule has 1 aromatic carbocycles. The number of hydrazone groups is 1. The highest BCUT2D eigenvalue weighted by atomic mass is 32.1. The van der Waals surface area contributed by atoms with Crippen molar-refractivity contribution in [1.29, 1.82) is 0 Å². The number of benzene rings is 1. The van der Waals surface area contributed by atoms with E-state index in [1.807, 2.05) is 30.3 Å². The zero-order chi connectivity index (χ0) is 17.4. The van der Waals surface area contributed by atoms with Crippen molar-refractivity contribution in [1.82, 2.24) is 15.4 Å². The summed E-state index contributed by atoms with van der Waals surface area (Å²) in [7, 11) is 0. The molecular formula is C17H20N4O2S. The Balaban J connectivity index is 2.08. The average molecular weight is 344 g/mol. The molecule has 0 aliphatic carbocycles. The van der Waals surface area contributed by atoms with Gasteiger partial charge in [-0.1, -0.05) is 43.7 Å². The van der Waals surface area contributed by atoms with Gasteiger partial charge in [-0.15, -0.1) is 0 Å². The van der Waals surface area contributed by atoms with E-state index in [0.29, 0.717) is 5.69 Å². The largest absolute Gasteiger partial charge is 0.335 e. The highest BCUT2D eigenvalue weighted by Gasteiger charge is 2.07. The van der Waals surface area contributed by atoms with Gasteiger partial charge in [0.15, 0.2) is 4.77 Å². The van der Waals surface area contributed by atoms with Crippen molar-refractivity contribution in [3.63, 3.8) is 0 Å². The van der Waals surface area contributed by atoms with Gasteiger partial charge in [-0.2, -0.15) is 5.10 Å². The number of nitrogens with one attached hydrogen (secondary N) is 3. The number of nitrogens with zero attached hydrogens (tertiary/aromatic N) is 1. The Morgan fingerprint density at radius 2 is 2.00 bits per heavy atom. The molecule has 0 saturated heterocycles. The number of amides is 1. The van der Waals surface area contributed by atoms with Gasteiger partial charge in [-0.05, 0) is 30.6 Å². The molecule has 0 unspecified atom stereocenters. The third kappa shape index (κ3) is 5.58. The minimum absolute atomic E-state index is 0.00685. The van der Waals surface area contributed by atoms with Crippen LogP contribution in [0, 0.1) is 4.77 Å². The van der Waals surface area contributed by atoms with Gasteiger partial charge in [0, 0.05) is 11.8 Å². The van der Waals surface area contributed by atoms with Gasteiger partial charge in [0.1, 0.15) is 0 Å². The number of aromatic nitrogens is 2. The second-order valence-electron chi connectivity index (χ2n) is 5.35. The van der Waals surface area contributed by atoms with Crippen LogP contribution in [0.5, 0.6) is 0 Å². The predicted octanol–water partition coefficient (Wildman–Crippen LogP) is 2.69. The van der Waals surface area contributed by atoms with Crippen LogP contribution >= 0.6 is 12.2 Å². The minimum Gasteiger partial charge on any atom is -0.335 e. The number of rotatable bonds is 7. The number of carbonyl (C=O) groups is 1. The predicted molar refractivity (Wildman–Crippen MR) is 96.6 cm³/mol. The van der Waals surface area contributed by atoms with Crippen LogP contribution in [0.4, 0.5) is 0 Å². The van der Waals surface area contributed by atoms with E-state index in [0.717, 1.165) is 30.5 Å². The molecule has 0 saturated carbocycles. The van der Waals surface area contributed by atoms with Crippen LogP contribution in [-0.2, 0) is 11.2 Å². The quantitative estimate of drug-likeness (QED) is 0.410. The number of hydrogen-bond donors (Lipinski definition) is 3. The SMILES string of the molecule is CCCC/C(=N/NC(=O)Cc1cc(=O)[nH]c(=S)[nH]1)c1ccccc1. The lowest BCUT2D eigenvalue weighted by atomic mass is 10.1. The first kappa shape index (κ1) is 17.8. The minimum atomic E-state index is -0.335. The van der Waals surface area contributed by atoms with Crippen molar-refractivity contribution in [2.45, 2.75) is 32.6 Å². The maximum absolute atomic E-state index is 12.1. The maximum atomic E-state index is 12.1. The molecule has 2 rings (SSSR count). The molecular weight excluding hydrogens is 324 g/mol. The molecule has 7 heteroatoms. The molecule has 0 atom stereocenters. The molecule has 6 nitrogen and oxygen atoms in total. The maximum Gasteiger partial charge on any atom is 0.251 e. The number of hydrogen-bond acceptors (Lipinski definition) is 4. The Morgan fingerprint density at radius 3 is 2.67 bits per heavy atom. The van der Waals surface area contributed by atoms with Crippen LogP contribution in [0.1, 0.15) is 37.4 Å². The van der Waals surface area contributed by atoms with Crippen LogP contribution in [0.15, 0.2) is 46.3 Å². The zero-order valence-electron chi connectivity index (χ0n) is 13.5. The van der Waals surface area contributed by atoms with Crippen molar-refractivity contribution >= 4 is 23.8 Å². The lowest BCUT2D eigenvalue weighted by molar-refractivity contribution is -0.120. The summed E-state index contributed by atoms with van der Waals surface area (Å²) in [5.41, 5.74) is 4.50. The lowest BCUT2D eigenvalue weighted by Crippen LogP contribution is -2.23. The first-order chi connectivity index (χ1) is 11.6. The monoisotopic (exact) mass is 344 g/mol. The van der Waals surface area contributed by atoms with Gasteiger partial charge >= 0.3 is 0 Å². The van der Waals surface area contributed by atoms with Gasteiger partial charge in [-0.25, -0.2) is 5.43 Å². The Bertz CT molecular complexity index is 796. The van der Waals surface area contributed by atoms with E-state index in [9.17, 15) is 9.59 Å². The van der Waals surface area contributed by atoms with Gasteiger partial charge in [0.25, 0.3) is 5.56 Å². The number of carbonyl (C=O) groups excluding carboxylic acids is 1. The lowest BCUT2D eigenvalue weighted by Gasteiger charge is -2.07. The molecule has 1 heterocycles. The summed E-state index contributed by atoms with van der Waals surface area (Å²) < 4.78 is 0.196. The van der Waals surface area contributed by atoms with E-state index >= 15 is 0 Å². The van der Waals surface area contributed by atoms with Crippen LogP contribution in [0.25, 0.3) is 0 Å². The Kier molecular flexibility index (Phi) is 6.62. The molecule has 0 radical (unpaired) electrons. The fourth-order valence-electron chi connectivity index (χ4n) is 2.20. The Hall–Kier alpha value is -2.54. The van der Waals surface area contributed by atoms with Crippen LogP contribution in [-0.4, -0.2) is 21.6 Å². The third-order valence-electron chi connectivity index (χ3n) is 3.36. The second kappa shape index (κ2) is 8.93. The number of H-pyrrole nitrogens is 2. The van der Waals surface area contributed by atoms with Gasteiger partial charge < -0.3 is 4.98 Å².